The van der Waals surface area contributed by atoms with Gasteiger partial charge in [0.05, 0.1) is 16.7 Å². The van der Waals surface area contributed by atoms with Crippen LogP contribution in [0.5, 0.6) is 0 Å². The second kappa shape index (κ2) is 13.0. The Hall–Kier alpha value is -6.64. The summed E-state index contributed by atoms with van der Waals surface area (Å²) in [4.78, 5) is 2.53. The predicted octanol–water partition coefficient (Wildman–Crippen LogP) is 15.9. The van der Waals surface area contributed by atoms with Crippen molar-refractivity contribution in [2.75, 3.05) is 4.90 Å². The first-order valence-corrected chi connectivity index (χ1v) is 23.4. The summed E-state index contributed by atoms with van der Waals surface area (Å²) in [7, 11) is 0. The largest absolute Gasteiger partial charge is 0.310 e. The quantitative estimate of drug-likeness (QED) is 0.168. The number of benzene rings is 8. The molecule has 304 valence electrons. The van der Waals surface area contributed by atoms with Crippen LogP contribution in [0.2, 0.25) is 0 Å². The Balaban J connectivity index is 0.953. The summed E-state index contributed by atoms with van der Waals surface area (Å²) < 4.78 is 2.42. The molecule has 0 N–H and O–H groups in total. The van der Waals surface area contributed by atoms with Crippen molar-refractivity contribution in [2.45, 2.75) is 56.8 Å². The van der Waals surface area contributed by atoms with E-state index >= 15 is 0 Å². The number of hydrogen-bond donors (Lipinski definition) is 0. The van der Waals surface area contributed by atoms with Gasteiger partial charge in [-0.1, -0.05) is 135 Å². The van der Waals surface area contributed by atoms with Gasteiger partial charge in [0.2, 0.25) is 0 Å². The van der Waals surface area contributed by atoms with E-state index in [0.29, 0.717) is 0 Å². The van der Waals surface area contributed by atoms with E-state index in [1.807, 2.05) is 0 Å². The highest BCUT2D eigenvalue weighted by Gasteiger charge is 2.61. The number of nitrogens with zero attached hydrogens (tertiary/aromatic N) is 2. The highest BCUT2D eigenvalue weighted by Crippen LogP contribution is 2.69. The molecule has 63 heavy (non-hydrogen) atoms. The summed E-state index contributed by atoms with van der Waals surface area (Å²) in [6.45, 7) is 4.78. The molecule has 1 aromatic heterocycles. The van der Waals surface area contributed by atoms with Gasteiger partial charge in [0.15, 0.2) is 0 Å². The first-order valence-electron chi connectivity index (χ1n) is 23.4. The Labute approximate surface area is 370 Å². The van der Waals surface area contributed by atoms with E-state index in [-0.39, 0.29) is 10.8 Å². The van der Waals surface area contributed by atoms with E-state index in [1.165, 1.54) is 110 Å². The summed E-state index contributed by atoms with van der Waals surface area (Å²) in [6, 6.07) is 69.4. The molecule has 0 aliphatic heterocycles. The van der Waals surface area contributed by atoms with Gasteiger partial charge in [0.25, 0.3) is 0 Å². The monoisotopic (exact) mass is 810 g/mol. The molecule has 4 saturated carbocycles. The van der Waals surface area contributed by atoms with Crippen LogP contribution in [-0.4, -0.2) is 4.57 Å². The number of aromatic nitrogens is 1. The van der Waals surface area contributed by atoms with Gasteiger partial charge < -0.3 is 9.47 Å². The minimum atomic E-state index is -0.116. The first-order chi connectivity index (χ1) is 31.0. The van der Waals surface area contributed by atoms with Crippen LogP contribution in [-0.2, 0) is 10.8 Å². The minimum Gasteiger partial charge on any atom is -0.310 e. The Morgan fingerprint density at radius 2 is 0.952 bits per heavy atom. The molecule has 4 fully saturated rings. The molecule has 15 rings (SSSR count). The van der Waals surface area contributed by atoms with Gasteiger partial charge in [0, 0.05) is 44.2 Å². The lowest BCUT2D eigenvalue weighted by atomic mass is 9.43. The summed E-state index contributed by atoms with van der Waals surface area (Å²) in [6.07, 6.45) is 7.01. The molecule has 0 amide bonds. The third-order valence-electron chi connectivity index (χ3n) is 16.8. The zero-order chi connectivity index (χ0) is 41.6. The maximum Gasteiger partial charge on any atom is 0.0541 e. The predicted molar refractivity (Wildman–Crippen MR) is 262 cm³/mol. The number of fused-ring (bicyclic) bond motifs is 9. The summed E-state index contributed by atoms with van der Waals surface area (Å²) in [5.74, 6) is 3.28. The van der Waals surface area contributed by atoms with Crippen molar-refractivity contribution < 1.29 is 0 Å². The molecule has 4 bridgehead atoms. The number of hydrogen-bond acceptors (Lipinski definition) is 1. The van der Waals surface area contributed by atoms with Crippen molar-refractivity contribution in [3.63, 3.8) is 0 Å². The van der Waals surface area contributed by atoms with Gasteiger partial charge in [-0.3, -0.25) is 0 Å². The van der Waals surface area contributed by atoms with E-state index in [1.54, 1.807) is 11.1 Å². The summed E-state index contributed by atoms with van der Waals surface area (Å²) in [5.41, 5.74) is 21.4. The van der Waals surface area contributed by atoms with Gasteiger partial charge in [-0.2, -0.15) is 0 Å². The van der Waals surface area contributed by atoms with Crippen LogP contribution in [0, 0.1) is 23.7 Å². The van der Waals surface area contributed by atoms with Gasteiger partial charge in [-0.05, 0) is 167 Å². The molecule has 6 aliphatic rings. The molecule has 6 aliphatic carbocycles. The topological polar surface area (TPSA) is 8.17 Å². The van der Waals surface area contributed by atoms with Gasteiger partial charge >= 0.3 is 0 Å². The lowest BCUT2D eigenvalue weighted by molar-refractivity contribution is -0.0399. The van der Waals surface area contributed by atoms with Crippen LogP contribution >= 0.6 is 0 Å². The van der Waals surface area contributed by atoms with Gasteiger partial charge in [-0.25, -0.2) is 0 Å². The molecule has 2 heteroatoms. The van der Waals surface area contributed by atoms with Crippen molar-refractivity contribution in [1.29, 1.82) is 0 Å². The van der Waals surface area contributed by atoms with Crippen LogP contribution in [0.1, 0.15) is 68.2 Å². The molecule has 0 radical (unpaired) electrons. The smallest absolute Gasteiger partial charge is 0.0541 e. The molecule has 1 spiro atoms. The van der Waals surface area contributed by atoms with Crippen molar-refractivity contribution >= 4 is 38.9 Å². The molecular formula is C61H50N2. The van der Waals surface area contributed by atoms with E-state index in [2.05, 4.69) is 205 Å². The highest BCUT2D eigenvalue weighted by atomic mass is 15.1. The number of para-hydroxylation sites is 3. The van der Waals surface area contributed by atoms with E-state index in [0.717, 1.165) is 35.0 Å². The molecule has 0 atom stereocenters. The molecule has 2 nitrogen and oxygen atoms in total. The molecule has 0 unspecified atom stereocenters. The van der Waals surface area contributed by atoms with Crippen molar-refractivity contribution in [2.24, 2.45) is 23.7 Å². The van der Waals surface area contributed by atoms with E-state index in [4.69, 9.17) is 0 Å². The van der Waals surface area contributed by atoms with E-state index < -0.39 is 0 Å². The molecule has 8 aromatic carbocycles. The van der Waals surface area contributed by atoms with Crippen LogP contribution in [0.4, 0.5) is 17.1 Å². The average molecular weight is 811 g/mol. The fraction of sp³-hybridized carbons (Fsp3) is 0.213. The van der Waals surface area contributed by atoms with Crippen LogP contribution in [0.3, 0.4) is 0 Å². The zero-order valence-corrected chi connectivity index (χ0v) is 36.1. The fourth-order valence-corrected chi connectivity index (χ4v) is 14.4. The van der Waals surface area contributed by atoms with Crippen molar-refractivity contribution in [1.82, 2.24) is 4.57 Å². The molecule has 9 aromatic rings. The zero-order valence-electron chi connectivity index (χ0n) is 36.1. The van der Waals surface area contributed by atoms with Crippen molar-refractivity contribution in [3.8, 4) is 39.1 Å². The van der Waals surface area contributed by atoms with Gasteiger partial charge in [-0.15, -0.1) is 0 Å². The first kappa shape index (κ1) is 35.9. The lowest BCUT2D eigenvalue weighted by Crippen LogP contribution is -2.55. The van der Waals surface area contributed by atoms with Crippen molar-refractivity contribution in [3.05, 3.63) is 204 Å². The Morgan fingerprint density at radius 1 is 0.429 bits per heavy atom. The SMILES string of the molecule is CC1(C)c2ccccc2-c2ccc(N(c3ccc(-n4c5ccccc5c5ccccc54)cc3)c3ccccc3-c3ccc4c(c3)C3(c5ccccc5-4)C4CC5CC(C4)CC3C5)cc21. The number of anilines is 3. The maximum absolute atomic E-state index is 2.66. The van der Waals surface area contributed by atoms with Crippen LogP contribution in [0.25, 0.3) is 60.9 Å². The standard InChI is InChI=1S/C61H50N2/c1-60(2)53-18-8-3-14-47(53)49-30-28-45(37-55(49)60)62(43-24-26-44(27-25-43)63-58-21-11-6-16-51(58)52-17-7-12-22-59(52)63)57-20-10-5-13-46(57)40-23-29-50-48-15-4-9-19-54(48)61(56(50)36-40)41-32-38-31-39(34-41)35-42(61)33-38/h3-30,36-39,41-42H,31-35H2,1-2H3. The lowest BCUT2D eigenvalue weighted by Gasteiger charge is -2.61. The second-order valence-corrected chi connectivity index (χ2v) is 20.1. The van der Waals surface area contributed by atoms with Crippen LogP contribution in [0.15, 0.2) is 182 Å². The second-order valence-electron chi connectivity index (χ2n) is 20.1. The third kappa shape index (κ3) is 4.85. The number of rotatable bonds is 5. The fourth-order valence-electron chi connectivity index (χ4n) is 14.4. The highest BCUT2D eigenvalue weighted by molar-refractivity contribution is 6.09. The normalized spacial score (nSPS) is 23.0. The summed E-state index contributed by atoms with van der Waals surface area (Å²) in [5, 5.41) is 2.56. The minimum absolute atomic E-state index is 0.116. The maximum atomic E-state index is 2.66. The average Bonchev–Trinajstić information content (AvgIpc) is 3.89. The molecule has 0 saturated heterocycles. The molecular weight excluding hydrogens is 761 g/mol. The Morgan fingerprint density at radius 3 is 1.65 bits per heavy atom. The molecule has 1 heterocycles. The van der Waals surface area contributed by atoms with Gasteiger partial charge in [0.1, 0.15) is 0 Å². The Kier molecular flexibility index (Phi) is 7.38. The third-order valence-corrected chi connectivity index (χ3v) is 16.8. The van der Waals surface area contributed by atoms with E-state index in [9.17, 15) is 0 Å². The Bertz CT molecular complexity index is 3260. The van der Waals surface area contributed by atoms with Crippen LogP contribution < -0.4 is 4.90 Å². The summed E-state index contributed by atoms with van der Waals surface area (Å²) >= 11 is 0.